The maximum absolute atomic E-state index is 4.53. The molecule has 1 aliphatic carbocycles. The Morgan fingerprint density at radius 1 is 1.14 bits per heavy atom. The van der Waals surface area contributed by atoms with Gasteiger partial charge < -0.3 is 5.32 Å². The third-order valence-electron chi connectivity index (χ3n) is 4.07. The summed E-state index contributed by atoms with van der Waals surface area (Å²) in [4.78, 5) is 8.97. The molecular formula is C16H17N5. The topological polar surface area (TPSA) is 55.6 Å². The Hall–Kier alpha value is -2.43. The Morgan fingerprint density at radius 2 is 2.00 bits per heavy atom. The number of hydrogen-bond donors (Lipinski definition) is 1. The van der Waals surface area contributed by atoms with Crippen molar-refractivity contribution < 1.29 is 0 Å². The van der Waals surface area contributed by atoms with Gasteiger partial charge in [0.25, 0.3) is 0 Å². The predicted molar refractivity (Wildman–Crippen MR) is 82.8 cm³/mol. The standard InChI is InChI=1S/C16H17N5/c1-10-18-15(14-9-17-21(2)16(14)19-10)20-13-7-6-11-4-3-5-12(11)8-13/h6-9H,3-5H2,1-2H3,(H,18,19,20). The summed E-state index contributed by atoms with van der Waals surface area (Å²) in [5, 5.41) is 8.65. The van der Waals surface area contributed by atoms with Crippen LogP contribution >= 0.6 is 0 Å². The fourth-order valence-corrected chi connectivity index (χ4v) is 3.01. The fourth-order valence-electron chi connectivity index (χ4n) is 3.01. The highest BCUT2D eigenvalue weighted by Crippen LogP contribution is 2.28. The van der Waals surface area contributed by atoms with Crippen LogP contribution in [0.4, 0.5) is 11.5 Å². The molecule has 2 heterocycles. The van der Waals surface area contributed by atoms with Gasteiger partial charge in [0, 0.05) is 12.7 Å². The first-order valence-corrected chi connectivity index (χ1v) is 7.26. The molecule has 4 rings (SSSR count). The van der Waals surface area contributed by atoms with Crippen LogP contribution in [0.2, 0.25) is 0 Å². The van der Waals surface area contributed by atoms with E-state index in [1.807, 2.05) is 20.2 Å². The minimum atomic E-state index is 0.745. The highest BCUT2D eigenvalue weighted by atomic mass is 15.3. The van der Waals surface area contributed by atoms with E-state index < -0.39 is 0 Å². The highest BCUT2D eigenvalue weighted by molar-refractivity contribution is 5.88. The molecule has 5 nitrogen and oxygen atoms in total. The molecule has 0 fully saturated rings. The van der Waals surface area contributed by atoms with E-state index >= 15 is 0 Å². The molecule has 0 radical (unpaired) electrons. The summed E-state index contributed by atoms with van der Waals surface area (Å²) < 4.78 is 1.78. The maximum Gasteiger partial charge on any atom is 0.163 e. The fraction of sp³-hybridized carbons (Fsp3) is 0.312. The van der Waals surface area contributed by atoms with E-state index in [4.69, 9.17) is 0 Å². The average molecular weight is 279 g/mol. The van der Waals surface area contributed by atoms with Crippen LogP contribution in [0.25, 0.3) is 11.0 Å². The van der Waals surface area contributed by atoms with E-state index in [0.29, 0.717) is 0 Å². The Morgan fingerprint density at radius 3 is 2.90 bits per heavy atom. The molecule has 5 heteroatoms. The summed E-state index contributed by atoms with van der Waals surface area (Å²) >= 11 is 0. The molecule has 2 aromatic heterocycles. The second kappa shape index (κ2) is 4.55. The summed E-state index contributed by atoms with van der Waals surface area (Å²) in [5.74, 6) is 1.57. The van der Waals surface area contributed by atoms with Crippen LogP contribution in [0.3, 0.4) is 0 Å². The van der Waals surface area contributed by atoms with Crippen molar-refractivity contribution in [2.45, 2.75) is 26.2 Å². The Labute approximate surface area is 123 Å². The van der Waals surface area contributed by atoms with E-state index in [1.165, 1.54) is 30.4 Å². The molecule has 1 N–H and O–H groups in total. The zero-order valence-electron chi connectivity index (χ0n) is 12.2. The van der Waals surface area contributed by atoms with E-state index in [1.54, 1.807) is 4.68 Å². The number of aryl methyl sites for hydroxylation is 4. The van der Waals surface area contributed by atoms with Gasteiger partial charge in [-0.05, 0) is 49.4 Å². The minimum Gasteiger partial charge on any atom is -0.339 e. The second-order valence-corrected chi connectivity index (χ2v) is 5.59. The normalized spacial score (nSPS) is 13.6. The molecule has 0 saturated heterocycles. The van der Waals surface area contributed by atoms with Gasteiger partial charge in [-0.2, -0.15) is 5.10 Å². The number of rotatable bonds is 2. The van der Waals surface area contributed by atoms with Crippen LogP contribution in [0, 0.1) is 6.92 Å². The van der Waals surface area contributed by atoms with Crippen molar-refractivity contribution >= 4 is 22.5 Å². The number of aromatic nitrogens is 4. The molecular weight excluding hydrogens is 262 g/mol. The van der Waals surface area contributed by atoms with Crippen molar-refractivity contribution in [1.82, 2.24) is 19.7 Å². The summed E-state index contributed by atoms with van der Waals surface area (Å²) in [6.07, 6.45) is 5.45. The zero-order valence-corrected chi connectivity index (χ0v) is 12.2. The molecule has 0 unspecified atom stereocenters. The number of anilines is 2. The van der Waals surface area contributed by atoms with Crippen molar-refractivity contribution in [1.29, 1.82) is 0 Å². The van der Waals surface area contributed by atoms with Crippen LogP contribution < -0.4 is 5.32 Å². The molecule has 3 aromatic rings. The van der Waals surface area contributed by atoms with Crippen molar-refractivity contribution in [3.63, 3.8) is 0 Å². The molecule has 0 amide bonds. The van der Waals surface area contributed by atoms with Crippen LogP contribution in [0.5, 0.6) is 0 Å². The van der Waals surface area contributed by atoms with Crippen LogP contribution in [0.15, 0.2) is 24.4 Å². The van der Waals surface area contributed by atoms with Crippen LogP contribution in [-0.2, 0) is 19.9 Å². The minimum absolute atomic E-state index is 0.745. The highest BCUT2D eigenvalue weighted by Gasteiger charge is 2.13. The Balaban J connectivity index is 1.77. The average Bonchev–Trinajstić information content (AvgIpc) is 3.06. The van der Waals surface area contributed by atoms with E-state index in [2.05, 4.69) is 38.6 Å². The number of fused-ring (bicyclic) bond motifs is 2. The van der Waals surface area contributed by atoms with Gasteiger partial charge in [-0.25, -0.2) is 9.97 Å². The second-order valence-electron chi connectivity index (χ2n) is 5.59. The number of nitrogens with zero attached hydrogens (tertiary/aromatic N) is 4. The molecule has 0 bridgehead atoms. The molecule has 21 heavy (non-hydrogen) atoms. The lowest BCUT2D eigenvalue weighted by Gasteiger charge is -2.09. The van der Waals surface area contributed by atoms with Gasteiger partial charge >= 0.3 is 0 Å². The number of benzene rings is 1. The summed E-state index contributed by atoms with van der Waals surface area (Å²) in [6.45, 7) is 1.90. The zero-order chi connectivity index (χ0) is 14.4. The number of nitrogens with one attached hydrogen (secondary N) is 1. The van der Waals surface area contributed by atoms with Gasteiger partial charge in [-0.3, -0.25) is 4.68 Å². The Bertz CT molecular complexity index is 834. The van der Waals surface area contributed by atoms with Gasteiger partial charge in [-0.15, -0.1) is 0 Å². The van der Waals surface area contributed by atoms with Crippen LogP contribution in [0.1, 0.15) is 23.4 Å². The molecule has 1 aliphatic rings. The first-order valence-electron chi connectivity index (χ1n) is 7.26. The van der Waals surface area contributed by atoms with Crippen molar-refractivity contribution in [2.24, 2.45) is 7.05 Å². The predicted octanol–water partition coefficient (Wildman–Crippen LogP) is 2.90. The molecule has 1 aromatic carbocycles. The largest absolute Gasteiger partial charge is 0.339 e. The van der Waals surface area contributed by atoms with Gasteiger partial charge in [0.15, 0.2) is 5.65 Å². The van der Waals surface area contributed by atoms with Gasteiger partial charge in [-0.1, -0.05) is 6.07 Å². The van der Waals surface area contributed by atoms with Gasteiger partial charge in [0.05, 0.1) is 11.6 Å². The third-order valence-corrected chi connectivity index (χ3v) is 4.07. The van der Waals surface area contributed by atoms with E-state index in [-0.39, 0.29) is 0 Å². The van der Waals surface area contributed by atoms with E-state index in [0.717, 1.165) is 28.4 Å². The molecule has 0 spiro atoms. The SMILES string of the molecule is Cc1nc(Nc2ccc3c(c2)CCC3)c2cnn(C)c2n1. The molecule has 0 saturated carbocycles. The monoisotopic (exact) mass is 279 g/mol. The quantitative estimate of drug-likeness (QED) is 0.783. The summed E-state index contributed by atoms with van der Waals surface area (Å²) in [5.41, 5.74) is 4.87. The first-order chi connectivity index (χ1) is 10.2. The lowest BCUT2D eigenvalue weighted by atomic mass is 10.1. The molecule has 0 atom stereocenters. The van der Waals surface area contributed by atoms with Crippen molar-refractivity contribution in [3.8, 4) is 0 Å². The molecule has 0 aliphatic heterocycles. The van der Waals surface area contributed by atoms with Crippen molar-refractivity contribution in [2.75, 3.05) is 5.32 Å². The summed E-state index contributed by atoms with van der Waals surface area (Å²) in [7, 11) is 1.90. The van der Waals surface area contributed by atoms with Gasteiger partial charge in [0.2, 0.25) is 0 Å². The summed E-state index contributed by atoms with van der Waals surface area (Å²) in [6, 6.07) is 6.59. The van der Waals surface area contributed by atoms with Gasteiger partial charge in [0.1, 0.15) is 11.6 Å². The van der Waals surface area contributed by atoms with Crippen LogP contribution in [-0.4, -0.2) is 19.7 Å². The Kier molecular flexibility index (Phi) is 2.67. The third kappa shape index (κ3) is 2.05. The smallest absolute Gasteiger partial charge is 0.163 e. The first kappa shape index (κ1) is 12.3. The maximum atomic E-state index is 4.53. The lowest BCUT2D eigenvalue weighted by molar-refractivity contribution is 0.783. The lowest BCUT2D eigenvalue weighted by Crippen LogP contribution is -2.00. The van der Waals surface area contributed by atoms with Crippen molar-refractivity contribution in [3.05, 3.63) is 41.3 Å². The van der Waals surface area contributed by atoms with E-state index in [9.17, 15) is 0 Å². The molecule has 106 valence electrons. The number of hydrogen-bond acceptors (Lipinski definition) is 4.